The second-order valence-electron chi connectivity index (χ2n) is 4.70. The summed E-state index contributed by atoms with van der Waals surface area (Å²) >= 11 is 0. The molecule has 1 heterocycles. The summed E-state index contributed by atoms with van der Waals surface area (Å²) in [6.45, 7) is 3.61. The molecule has 0 aromatic heterocycles. The van der Waals surface area contributed by atoms with Crippen LogP contribution in [0.15, 0.2) is 24.3 Å². The Bertz CT molecular complexity index is 414. The molecule has 0 unspecified atom stereocenters. The first kappa shape index (κ1) is 13.8. The van der Waals surface area contributed by atoms with Gasteiger partial charge in [-0.15, -0.1) is 0 Å². The van der Waals surface area contributed by atoms with E-state index in [0.29, 0.717) is 12.3 Å². The Morgan fingerprint density at radius 3 is 2.47 bits per heavy atom. The van der Waals surface area contributed by atoms with Crippen LogP contribution in [0.2, 0.25) is 0 Å². The fourth-order valence-electron chi connectivity index (χ4n) is 2.27. The number of nitro groups is 1. The fourth-order valence-corrected chi connectivity index (χ4v) is 2.27. The van der Waals surface area contributed by atoms with Crippen LogP contribution in [-0.4, -0.2) is 42.1 Å². The number of hydrogen-bond donors (Lipinski definition) is 1. The minimum atomic E-state index is -0.408. The molecule has 1 aromatic rings. The van der Waals surface area contributed by atoms with Crippen LogP contribution in [0.1, 0.15) is 12.8 Å². The van der Waals surface area contributed by atoms with Gasteiger partial charge in [-0.3, -0.25) is 10.1 Å². The van der Waals surface area contributed by atoms with E-state index in [4.69, 9.17) is 10.5 Å². The third-order valence-electron chi connectivity index (χ3n) is 3.33. The van der Waals surface area contributed by atoms with E-state index in [2.05, 4.69) is 4.90 Å². The van der Waals surface area contributed by atoms with E-state index in [9.17, 15) is 10.1 Å². The summed E-state index contributed by atoms with van der Waals surface area (Å²) in [5.74, 6) is 0.697. The van der Waals surface area contributed by atoms with Gasteiger partial charge in [0.05, 0.1) is 4.92 Å². The number of hydrogen-bond acceptors (Lipinski definition) is 5. The van der Waals surface area contributed by atoms with Gasteiger partial charge in [-0.1, -0.05) is 0 Å². The van der Waals surface area contributed by atoms with Gasteiger partial charge in [0.25, 0.3) is 5.69 Å². The highest BCUT2D eigenvalue weighted by atomic mass is 16.6. The predicted octanol–water partition coefficient (Wildman–Crippen LogP) is 1.40. The van der Waals surface area contributed by atoms with E-state index in [-0.39, 0.29) is 11.8 Å². The van der Waals surface area contributed by atoms with Gasteiger partial charge in [-0.05, 0) is 25.0 Å². The lowest BCUT2D eigenvalue weighted by molar-refractivity contribution is -0.384. The summed E-state index contributed by atoms with van der Waals surface area (Å²) in [4.78, 5) is 12.5. The highest BCUT2D eigenvalue weighted by Gasteiger charge is 2.20. The van der Waals surface area contributed by atoms with Crippen molar-refractivity contribution in [3.05, 3.63) is 34.4 Å². The summed E-state index contributed by atoms with van der Waals surface area (Å²) < 4.78 is 5.84. The number of nitro benzene ring substituents is 1. The lowest BCUT2D eigenvalue weighted by Gasteiger charge is -2.31. The van der Waals surface area contributed by atoms with Crippen LogP contribution >= 0.6 is 0 Å². The summed E-state index contributed by atoms with van der Waals surface area (Å²) in [5, 5.41) is 10.5. The van der Waals surface area contributed by atoms with Gasteiger partial charge in [-0.25, -0.2) is 0 Å². The van der Waals surface area contributed by atoms with Gasteiger partial charge >= 0.3 is 0 Å². The maximum absolute atomic E-state index is 10.5. The van der Waals surface area contributed by atoms with Crippen molar-refractivity contribution in [3.63, 3.8) is 0 Å². The molecular weight excluding hydrogens is 246 g/mol. The Morgan fingerprint density at radius 1 is 1.32 bits per heavy atom. The van der Waals surface area contributed by atoms with Crippen molar-refractivity contribution in [3.8, 4) is 5.75 Å². The normalized spacial score (nSPS) is 17.3. The van der Waals surface area contributed by atoms with Crippen LogP contribution in [0, 0.1) is 10.1 Å². The average Bonchev–Trinajstić information content (AvgIpc) is 2.42. The highest BCUT2D eigenvalue weighted by molar-refractivity contribution is 5.36. The van der Waals surface area contributed by atoms with Crippen LogP contribution < -0.4 is 10.5 Å². The van der Waals surface area contributed by atoms with Gasteiger partial charge in [-0.2, -0.15) is 0 Å². The molecule has 1 aliphatic rings. The van der Waals surface area contributed by atoms with E-state index >= 15 is 0 Å². The van der Waals surface area contributed by atoms with Crippen molar-refractivity contribution in [1.82, 2.24) is 4.90 Å². The minimum absolute atomic E-state index is 0.0881. The molecule has 0 aliphatic carbocycles. The van der Waals surface area contributed by atoms with Crippen molar-refractivity contribution in [1.29, 1.82) is 0 Å². The number of ether oxygens (including phenoxy) is 1. The number of nitrogens with zero attached hydrogens (tertiary/aromatic N) is 2. The van der Waals surface area contributed by atoms with Crippen LogP contribution in [0.5, 0.6) is 5.75 Å². The largest absolute Gasteiger partial charge is 0.490 e. The SMILES string of the molecule is NCCN1CCC(Oc2ccc([N+](=O)[O-])cc2)CC1. The van der Waals surface area contributed by atoms with E-state index < -0.39 is 4.92 Å². The van der Waals surface area contributed by atoms with Gasteiger partial charge in [0, 0.05) is 38.3 Å². The molecule has 1 aromatic carbocycles. The molecule has 0 amide bonds. The van der Waals surface area contributed by atoms with Crippen LogP contribution in [0.3, 0.4) is 0 Å². The Morgan fingerprint density at radius 2 is 1.95 bits per heavy atom. The molecule has 104 valence electrons. The number of non-ortho nitro benzene ring substituents is 1. The maximum Gasteiger partial charge on any atom is 0.269 e. The smallest absolute Gasteiger partial charge is 0.269 e. The van der Waals surface area contributed by atoms with E-state index in [1.807, 2.05) is 0 Å². The van der Waals surface area contributed by atoms with Crippen LogP contribution in [0.25, 0.3) is 0 Å². The topological polar surface area (TPSA) is 81.6 Å². The Hall–Kier alpha value is -1.66. The zero-order chi connectivity index (χ0) is 13.7. The Kier molecular flexibility index (Phi) is 4.70. The van der Waals surface area contributed by atoms with E-state index in [0.717, 1.165) is 32.5 Å². The molecule has 19 heavy (non-hydrogen) atoms. The Labute approximate surface area is 112 Å². The zero-order valence-electron chi connectivity index (χ0n) is 10.8. The second kappa shape index (κ2) is 6.49. The molecule has 0 atom stereocenters. The average molecular weight is 265 g/mol. The van der Waals surface area contributed by atoms with Crippen LogP contribution in [-0.2, 0) is 0 Å². The van der Waals surface area contributed by atoms with Gasteiger partial charge in [0.2, 0.25) is 0 Å². The summed E-state index contributed by atoms with van der Waals surface area (Å²) in [6.07, 6.45) is 2.13. The van der Waals surface area contributed by atoms with Gasteiger partial charge < -0.3 is 15.4 Å². The number of rotatable bonds is 5. The van der Waals surface area contributed by atoms with Crippen molar-refractivity contribution >= 4 is 5.69 Å². The molecule has 1 aliphatic heterocycles. The Balaban J connectivity index is 1.83. The maximum atomic E-state index is 10.5. The minimum Gasteiger partial charge on any atom is -0.490 e. The summed E-state index contributed by atoms with van der Waals surface area (Å²) in [5.41, 5.74) is 5.62. The molecule has 0 bridgehead atoms. The number of piperidine rings is 1. The molecule has 6 nitrogen and oxygen atoms in total. The quantitative estimate of drug-likeness (QED) is 0.642. The lowest BCUT2D eigenvalue weighted by atomic mass is 10.1. The molecule has 6 heteroatoms. The number of benzene rings is 1. The lowest BCUT2D eigenvalue weighted by Crippen LogP contribution is -2.40. The van der Waals surface area contributed by atoms with Crippen molar-refractivity contribution < 1.29 is 9.66 Å². The third-order valence-corrected chi connectivity index (χ3v) is 3.33. The molecule has 2 N–H and O–H groups in total. The second-order valence-corrected chi connectivity index (χ2v) is 4.70. The third kappa shape index (κ3) is 3.90. The summed E-state index contributed by atoms with van der Waals surface area (Å²) in [6, 6.07) is 6.26. The first-order valence-corrected chi connectivity index (χ1v) is 6.52. The molecule has 0 radical (unpaired) electrons. The zero-order valence-corrected chi connectivity index (χ0v) is 10.8. The molecule has 2 rings (SSSR count). The van der Waals surface area contributed by atoms with Crippen molar-refractivity contribution in [2.24, 2.45) is 5.73 Å². The summed E-state index contributed by atoms with van der Waals surface area (Å²) in [7, 11) is 0. The van der Waals surface area contributed by atoms with Crippen molar-refractivity contribution in [2.75, 3.05) is 26.2 Å². The van der Waals surface area contributed by atoms with Crippen molar-refractivity contribution in [2.45, 2.75) is 18.9 Å². The number of likely N-dealkylation sites (tertiary alicyclic amines) is 1. The highest BCUT2D eigenvalue weighted by Crippen LogP contribution is 2.21. The number of nitrogens with two attached hydrogens (primary N) is 1. The van der Waals surface area contributed by atoms with E-state index in [1.54, 1.807) is 12.1 Å². The molecule has 0 spiro atoms. The standard InChI is InChI=1S/C13H19N3O3/c14-7-10-15-8-5-13(6-9-15)19-12-3-1-11(2-4-12)16(17)18/h1-4,13H,5-10,14H2. The molecular formula is C13H19N3O3. The van der Waals surface area contributed by atoms with E-state index in [1.165, 1.54) is 12.1 Å². The van der Waals surface area contributed by atoms with Gasteiger partial charge in [0.15, 0.2) is 0 Å². The first-order valence-electron chi connectivity index (χ1n) is 6.52. The molecule has 0 saturated carbocycles. The first-order chi connectivity index (χ1) is 9.19. The fraction of sp³-hybridized carbons (Fsp3) is 0.538. The monoisotopic (exact) mass is 265 g/mol. The molecule has 1 saturated heterocycles. The van der Waals surface area contributed by atoms with Gasteiger partial charge in [0.1, 0.15) is 11.9 Å². The van der Waals surface area contributed by atoms with Crippen LogP contribution in [0.4, 0.5) is 5.69 Å². The predicted molar refractivity (Wildman–Crippen MR) is 72.2 cm³/mol. The molecule has 1 fully saturated rings.